The average Bonchev–Trinajstić information content (AvgIpc) is 2.92. The van der Waals surface area contributed by atoms with E-state index in [1.165, 1.54) is 6.07 Å². The number of nitrogens with one attached hydrogen (secondary N) is 1. The summed E-state index contributed by atoms with van der Waals surface area (Å²) in [7, 11) is 0. The van der Waals surface area contributed by atoms with Gasteiger partial charge in [0.15, 0.2) is 0 Å². The van der Waals surface area contributed by atoms with E-state index in [-0.39, 0.29) is 6.04 Å². The largest absolute Gasteiger partial charge is 0.378 e. The quantitative estimate of drug-likeness (QED) is 0.827. The van der Waals surface area contributed by atoms with Crippen LogP contribution in [0.1, 0.15) is 38.2 Å². The van der Waals surface area contributed by atoms with Gasteiger partial charge >= 0.3 is 0 Å². The molecule has 0 spiro atoms. The normalized spacial score (nSPS) is 20.2. The van der Waals surface area contributed by atoms with Crippen molar-refractivity contribution in [1.29, 1.82) is 0 Å². The zero-order valence-electron chi connectivity index (χ0n) is 12.0. The van der Waals surface area contributed by atoms with Gasteiger partial charge < -0.3 is 10.1 Å². The molecule has 4 heteroatoms. The monoisotopic (exact) mass is 283 g/mol. The molecule has 2 unspecified atom stereocenters. The van der Waals surface area contributed by atoms with Crippen molar-refractivity contribution in [1.82, 2.24) is 5.32 Å². The van der Waals surface area contributed by atoms with Gasteiger partial charge in [-0.15, -0.1) is 0 Å². The van der Waals surface area contributed by atoms with Gasteiger partial charge in [-0.05, 0) is 50.3 Å². The summed E-state index contributed by atoms with van der Waals surface area (Å²) in [6.07, 6.45) is 5.17. The first-order valence-electron chi connectivity index (χ1n) is 7.48. The van der Waals surface area contributed by atoms with Crippen LogP contribution in [0.25, 0.3) is 0 Å². The van der Waals surface area contributed by atoms with E-state index in [0.29, 0.717) is 18.1 Å². The molecule has 2 rings (SSSR count). The highest BCUT2D eigenvalue weighted by Gasteiger charge is 2.18. The van der Waals surface area contributed by atoms with Gasteiger partial charge in [0.25, 0.3) is 0 Å². The first kappa shape index (κ1) is 15.4. The molecule has 1 aliphatic heterocycles. The number of hydrogen-bond donors (Lipinski definition) is 1. The molecular formula is C16H23F2NO. The Morgan fingerprint density at radius 2 is 2.25 bits per heavy atom. The molecule has 1 N–H and O–H groups in total. The molecular weight excluding hydrogens is 260 g/mol. The van der Waals surface area contributed by atoms with E-state index in [9.17, 15) is 8.78 Å². The van der Waals surface area contributed by atoms with Crippen LogP contribution in [0.2, 0.25) is 0 Å². The van der Waals surface area contributed by atoms with Crippen LogP contribution in [-0.4, -0.2) is 25.3 Å². The lowest BCUT2D eigenvalue weighted by Gasteiger charge is -2.20. The number of ether oxygens (including phenoxy) is 1. The van der Waals surface area contributed by atoms with Gasteiger partial charge in [0, 0.05) is 18.7 Å². The van der Waals surface area contributed by atoms with Gasteiger partial charge in [-0.25, -0.2) is 8.78 Å². The Labute approximate surface area is 119 Å². The van der Waals surface area contributed by atoms with Crippen molar-refractivity contribution in [2.45, 2.75) is 51.2 Å². The molecule has 0 bridgehead atoms. The van der Waals surface area contributed by atoms with Crippen molar-refractivity contribution in [3.63, 3.8) is 0 Å². The molecule has 112 valence electrons. The fourth-order valence-electron chi connectivity index (χ4n) is 2.78. The molecule has 20 heavy (non-hydrogen) atoms. The van der Waals surface area contributed by atoms with Gasteiger partial charge in [-0.3, -0.25) is 0 Å². The Morgan fingerprint density at radius 3 is 2.90 bits per heavy atom. The van der Waals surface area contributed by atoms with E-state index in [1.807, 2.05) is 6.92 Å². The van der Waals surface area contributed by atoms with E-state index in [4.69, 9.17) is 4.74 Å². The number of likely N-dealkylation sites (N-methyl/N-ethyl adjacent to an activating group) is 1. The molecule has 0 aliphatic carbocycles. The third-order valence-corrected chi connectivity index (χ3v) is 3.84. The van der Waals surface area contributed by atoms with Crippen molar-refractivity contribution in [3.8, 4) is 0 Å². The van der Waals surface area contributed by atoms with E-state index in [0.717, 1.165) is 44.9 Å². The first-order chi connectivity index (χ1) is 9.69. The lowest BCUT2D eigenvalue weighted by molar-refractivity contribution is 0.0996. The second-order valence-electron chi connectivity index (χ2n) is 5.41. The zero-order valence-corrected chi connectivity index (χ0v) is 12.0. The number of halogens is 2. The lowest BCUT2D eigenvalue weighted by atomic mass is 9.99. The third-order valence-electron chi connectivity index (χ3n) is 3.84. The zero-order chi connectivity index (χ0) is 14.4. The molecule has 1 fully saturated rings. The fourth-order valence-corrected chi connectivity index (χ4v) is 2.78. The molecule has 1 heterocycles. The Kier molecular flexibility index (Phi) is 5.92. The van der Waals surface area contributed by atoms with Crippen LogP contribution < -0.4 is 5.32 Å². The topological polar surface area (TPSA) is 21.3 Å². The van der Waals surface area contributed by atoms with Crippen molar-refractivity contribution < 1.29 is 13.5 Å². The van der Waals surface area contributed by atoms with Crippen molar-refractivity contribution >= 4 is 0 Å². The van der Waals surface area contributed by atoms with E-state index in [1.54, 1.807) is 6.07 Å². The number of benzene rings is 1. The Morgan fingerprint density at radius 1 is 1.40 bits per heavy atom. The van der Waals surface area contributed by atoms with Gasteiger partial charge in [0.05, 0.1) is 6.10 Å². The molecule has 0 saturated carbocycles. The Hall–Kier alpha value is -1.00. The van der Waals surface area contributed by atoms with Crippen LogP contribution in [0.3, 0.4) is 0 Å². The van der Waals surface area contributed by atoms with Gasteiger partial charge in [0.2, 0.25) is 0 Å². The maximum atomic E-state index is 13.7. The fraction of sp³-hybridized carbons (Fsp3) is 0.625. The molecule has 1 saturated heterocycles. The third kappa shape index (κ3) is 4.53. The maximum Gasteiger partial charge on any atom is 0.129 e. The van der Waals surface area contributed by atoms with Gasteiger partial charge in [-0.2, -0.15) is 0 Å². The van der Waals surface area contributed by atoms with E-state index < -0.39 is 11.6 Å². The summed E-state index contributed by atoms with van der Waals surface area (Å²) in [6, 6.07) is 4.03. The molecule has 0 amide bonds. The van der Waals surface area contributed by atoms with Crippen LogP contribution in [-0.2, 0) is 11.2 Å². The minimum atomic E-state index is -0.523. The van der Waals surface area contributed by atoms with E-state index >= 15 is 0 Å². The lowest BCUT2D eigenvalue weighted by Crippen LogP contribution is -2.32. The number of rotatable bonds is 7. The summed E-state index contributed by atoms with van der Waals surface area (Å²) in [5.41, 5.74) is 0.574. The molecule has 2 nitrogen and oxygen atoms in total. The van der Waals surface area contributed by atoms with Gasteiger partial charge in [-0.1, -0.05) is 13.0 Å². The maximum absolute atomic E-state index is 13.7. The predicted molar refractivity (Wildman–Crippen MR) is 75.7 cm³/mol. The Bertz CT molecular complexity index is 419. The van der Waals surface area contributed by atoms with Gasteiger partial charge in [0.1, 0.15) is 11.6 Å². The minimum absolute atomic E-state index is 0.212. The summed E-state index contributed by atoms with van der Waals surface area (Å²) in [5, 5.41) is 3.38. The Balaban J connectivity index is 1.90. The van der Waals surface area contributed by atoms with Crippen LogP contribution in [0.4, 0.5) is 8.78 Å². The average molecular weight is 283 g/mol. The molecule has 0 aromatic heterocycles. The molecule has 1 aromatic carbocycles. The summed E-state index contributed by atoms with van der Waals surface area (Å²) in [4.78, 5) is 0. The van der Waals surface area contributed by atoms with Crippen LogP contribution in [0.5, 0.6) is 0 Å². The SMILES string of the molecule is CCNC(CCC1CCCO1)Cc1ccc(F)cc1F. The molecule has 1 aliphatic rings. The highest BCUT2D eigenvalue weighted by atomic mass is 19.1. The van der Waals surface area contributed by atoms with Crippen molar-refractivity contribution in [2.24, 2.45) is 0 Å². The highest BCUT2D eigenvalue weighted by Crippen LogP contribution is 2.20. The molecule has 1 aromatic rings. The minimum Gasteiger partial charge on any atom is -0.378 e. The van der Waals surface area contributed by atoms with E-state index in [2.05, 4.69) is 5.32 Å². The first-order valence-corrected chi connectivity index (χ1v) is 7.48. The second-order valence-corrected chi connectivity index (χ2v) is 5.41. The molecule has 0 radical (unpaired) electrons. The summed E-state index contributed by atoms with van der Waals surface area (Å²) >= 11 is 0. The van der Waals surface area contributed by atoms with Crippen molar-refractivity contribution in [3.05, 3.63) is 35.4 Å². The summed E-state index contributed by atoms with van der Waals surface area (Å²) in [6.45, 7) is 3.75. The highest BCUT2D eigenvalue weighted by molar-refractivity contribution is 5.19. The predicted octanol–water partition coefficient (Wildman–Crippen LogP) is 3.44. The summed E-state index contributed by atoms with van der Waals surface area (Å²) < 4.78 is 32.2. The summed E-state index contributed by atoms with van der Waals surface area (Å²) in [5.74, 6) is -0.976. The van der Waals surface area contributed by atoms with Crippen molar-refractivity contribution in [2.75, 3.05) is 13.2 Å². The second kappa shape index (κ2) is 7.70. The number of hydrogen-bond acceptors (Lipinski definition) is 2. The van der Waals surface area contributed by atoms with Crippen LogP contribution in [0, 0.1) is 11.6 Å². The van der Waals surface area contributed by atoms with Crippen LogP contribution in [0.15, 0.2) is 18.2 Å². The standard InChI is InChI=1S/C16H23F2NO/c1-2-19-14(7-8-15-4-3-9-20-15)10-12-5-6-13(17)11-16(12)18/h5-6,11,14-15,19H,2-4,7-10H2,1H3. The molecule has 2 atom stereocenters. The smallest absolute Gasteiger partial charge is 0.129 e. The van der Waals surface area contributed by atoms with Crippen LogP contribution >= 0.6 is 0 Å².